The third-order valence-corrected chi connectivity index (χ3v) is 6.00. The Labute approximate surface area is 195 Å². The zero-order valence-corrected chi connectivity index (χ0v) is 18.6. The van der Waals surface area contributed by atoms with E-state index in [4.69, 9.17) is 14.6 Å². The van der Waals surface area contributed by atoms with Gasteiger partial charge in [-0.15, -0.1) is 0 Å². The minimum Gasteiger partial charge on any atom is -0.481 e. The van der Waals surface area contributed by atoms with Crippen molar-refractivity contribution in [1.29, 1.82) is 0 Å². The Balaban J connectivity index is 1.22. The van der Waals surface area contributed by atoms with Crippen LogP contribution in [-0.2, 0) is 4.79 Å². The van der Waals surface area contributed by atoms with Crippen LogP contribution in [0.4, 0.5) is 0 Å². The van der Waals surface area contributed by atoms with Crippen molar-refractivity contribution in [2.24, 2.45) is 5.92 Å². The van der Waals surface area contributed by atoms with Crippen LogP contribution in [0.3, 0.4) is 0 Å². The van der Waals surface area contributed by atoms with Gasteiger partial charge in [0, 0.05) is 30.3 Å². The Morgan fingerprint density at radius 3 is 2.41 bits per heavy atom. The van der Waals surface area contributed by atoms with Crippen LogP contribution >= 0.6 is 0 Å². The lowest BCUT2D eigenvalue weighted by Crippen LogP contribution is -2.25. The highest BCUT2D eigenvalue weighted by atomic mass is 16.5. The second-order valence-electron chi connectivity index (χ2n) is 8.34. The quantitative estimate of drug-likeness (QED) is 0.421. The van der Waals surface area contributed by atoms with Crippen molar-refractivity contribution in [2.75, 3.05) is 7.11 Å². The lowest BCUT2D eigenvalue weighted by Gasteiger charge is -2.27. The average molecular weight is 460 g/mol. The third-order valence-electron chi connectivity index (χ3n) is 6.00. The van der Waals surface area contributed by atoms with E-state index in [-0.39, 0.29) is 18.4 Å². The van der Waals surface area contributed by atoms with E-state index >= 15 is 0 Å². The van der Waals surface area contributed by atoms with Gasteiger partial charge in [0.25, 0.3) is 0 Å². The number of H-pyrrole nitrogens is 1. The molecule has 4 aromatic rings. The van der Waals surface area contributed by atoms with Gasteiger partial charge in [-0.25, -0.2) is 15.0 Å². The van der Waals surface area contributed by atoms with Gasteiger partial charge in [0.05, 0.1) is 30.7 Å². The number of ether oxygens (including phenoxy) is 2. The number of hydrogen-bond donors (Lipinski definition) is 2. The highest BCUT2D eigenvalue weighted by Gasteiger charge is 2.24. The lowest BCUT2D eigenvalue weighted by molar-refractivity contribution is -0.138. The number of aliphatic carboxylic acids is 1. The molecule has 2 N–H and O–H groups in total. The molecule has 10 heteroatoms. The number of fused-ring (bicyclic) bond motifs is 1. The summed E-state index contributed by atoms with van der Waals surface area (Å²) >= 11 is 0. The lowest BCUT2D eigenvalue weighted by atomic mass is 9.85. The molecule has 0 amide bonds. The molecule has 4 aromatic heterocycles. The van der Waals surface area contributed by atoms with E-state index < -0.39 is 5.97 Å². The molecular weight excluding hydrogens is 436 g/mol. The van der Waals surface area contributed by atoms with Gasteiger partial charge in [0.2, 0.25) is 11.8 Å². The molecule has 1 fully saturated rings. The summed E-state index contributed by atoms with van der Waals surface area (Å²) in [4.78, 5) is 36.3. The summed E-state index contributed by atoms with van der Waals surface area (Å²) in [6, 6.07) is 7.35. The van der Waals surface area contributed by atoms with Crippen LogP contribution in [0.25, 0.3) is 33.9 Å². The third kappa shape index (κ3) is 4.80. The number of nitrogens with one attached hydrogen (secondary N) is 1. The first-order valence-electron chi connectivity index (χ1n) is 11.2. The second-order valence-corrected chi connectivity index (χ2v) is 8.34. The summed E-state index contributed by atoms with van der Waals surface area (Å²) in [6.45, 7) is 0. The standard InChI is InChI=1S/C24H24N6O4/c1-33-21-9-7-17-23(29-21)30-24(28-17)19-13-25-18(12-26-19)15-4-8-20(27-11-15)34-16-5-2-14(3-6-16)10-22(31)32/h4,7-9,11-14,16H,2-3,5-6,10H2,1H3,(H,31,32)(H,28,29,30)/t14-,16-. The number of pyridine rings is 2. The maximum atomic E-state index is 10.9. The van der Waals surface area contributed by atoms with Gasteiger partial charge < -0.3 is 19.6 Å². The molecule has 0 saturated heterocycles. The minimum atomic E-state index is -0.729. The number of carboxylic acid groups (broad SMARTS) is 1. The zero-order chi connectivity index (χ0) is 23.5. The summed E-state index contributed by atoms with van der Waals surface area (Å²) in [6.07, 6.45) is 8.78. The van der Waals surface area contributed by atoms with Crippen molar-refractivity contribution in [3.63, 3.8) is 0 Å². The molecular formula is C24H24N6O4. The van der Waals surface area contributed by atoms with Crippen molar-refractivity contribution in [1.82, 2.24) is 29.9 Å². The van der Waals surface area contributed by atoms with Gasteiger partial charge in [0.15, 0.2) is 11.5 Å². The van der Waals surface area contributed by atoms with Crippen LogP contribution < -0.4 is 9.47 Å². The predicted molar refractivity (Wildman–Crippen MR) is 123 cm³/mol. The maximum absolute atomic E-state index is 10.9. The normalized spacial score (nSPS) is 18.0. The van der Waals surface area contributed by atoms with Gasteiger partial charge in [-0.1, -0.05) is 0 Å². The SMILES string of the molecule is COc1ccc2[nH]c(-c3cnc(-c4ccc(O[C@H]5CC[C@H](CC(=O)O)CC5)nc4)cn3)nc2n1. The topological polar surface area (TPSA) is 136 Å². The van der Waals surface area contributed by atoms with E-state index in [1.807, 2.05) is 18.2 Å². The highest BCUT2D eigenvalue weighted by Crippen LogP contribution is 2.29. The van der Waals surface area contributed by atoms with Crippen LogP contribution in [0.2, 0.25) is 0 Å². The molecule has 0 aromatic carbocycles. The van der Waals surface area contributed by atoms with Gasteiger partial charge in [0.1, 0.15) is 11.8 Å². The predicted octanol–water partition coefficient (Wildman–Crippen LogP) is 3.90. The Morgan fingerprint density at radius 1 is 0.971 bits per heavy atom. The van der Waals surface area contributed by atoms with Gasteiger partial charge in [-0.2, -0.15) is 4.98 Å². The van der Waals surface area contributed by atoms with E-state index in [0.717, 1.165) is 36.8 Å². The summed E-state index contributed by atoms with van der Waals surface area (Å²) < 4.78 is 11.1. The van der Waals surface area contributed by atoms with Crippen LogP contribution in [0.1, 0.15) is 32.1 Å². The van der Waals surface area contributed by atoms with Crippen molar-refractivity contribution in [3.8, 4) is 34.5 Å². The highest BCUT2D eigenvalue weighted by molar-refractivity contribution is 5.75. The fourth-order valence-corrected chi connectivity index (χ4v) is 4.18. The number of aromatic amines is 1. The molecule has 0 atom stereocenters. The van der Waals surface area contributed by atoms with Crippen molar-refractivity contribution in [3.05, 3.63) is 42.9 Å². The number of rotatable bonds is 7. The maximum Gasteiger partial charge on any atom is 0.303 e. The van der Waals surface area contributed by atoms with E-state index in [9.17, 15) is 4.79 Å². The Hall–Kier alpha value is -4.08. The first kappa shape index (κ1) is 21.7. The largest absolute Gasteiger partial charge is 0.481 e. The summed E-state index contributed by atoms with van der Waals surface area (Å²) in [5.41, 5.74) is 3.46. The Morgan fingerprint density at radius 2 is 1.74 bits per heavy atom. The van der Waals surface area contributed by atoms with Crippen molar-refractivity contribution in [2.45, 2.75) is 38.2 Å². The molecule has 1 saturated carbocycles. The molecule has 174 valence electrons. The first-order chi connectivity index (χ1) is 16.6. The Kier molecular flexibility index (Phi) is 6.03. The van der Waals surface area contributed by atoms with Gasteiger partial charge in [-0.05, 0) is 43.7 Å². The van der Waals surface area contributed by atoms with Crippen LogP contribution in [0.15, 0.2) is 42.9 Å². The van der Waals surface area contributed by atoms with Crippen LogP contribution in [-0.4, -0.2) is 54.2 Å². The molecule has 10 nitrogen and oxygen atoms in total. The molecule has 0 unspecified atom stereocenters. The zero-order valence-electron chi connectivity index (χ0n) is 18.6. The summed E-state index contributed by atoms with van der Waals surface area (Å²) in [5, 5.41) is 8.95. The van der Waals surface area contributed by atoms with Crippen LogP contribution in [0.5, 0.6) is 11.8 Å². The fraction of sp³-hybridized carbons (Fsp3) is 0.333. The van der Waals surface area contributed by atoms with Crippen LogP contribution in [0, 0.1) is 5.92 Å². The summed E-state index contributed by atoms with van der Waals surface area (Å²) in [7, 11) is 1.56. The van der Waals surface area contributed by atoms with Gasteiger partial charge >= 0.3 is 5.97 Å². The number of carbonyl (C=O) groups is 1. The smallest absolute Gasteiger partial charge is 0.303 e. The molecule has 4 heterocycles. The molecule has 0 aliphatic heterocycles. The van der Waals surface area contributed by atoms with Crippen molar-refractivity contribution >= 4 is 17.1 Å². The molecule has 1 aliphatic rings. The number of aromatic nitrogens is 6. The molecule has 5 rings (SSSR count). The number of methoxy groups -OCH3 is 1. The fourth-order valence-electron chi connectivity index (χ4n) is 4.18. The molecule has 0 radical (unpaired) electrons. The molecule has 1 aliphatic carbocycles. The first-order valence-corrected chi connectivity index (χ1v) is 11.2. The Bertz CT molecular complexity index is 1280. The molecule has 34 heavy (non-hydrogen) atoms. The van der Waals surface area contributed by atoms with Gasteiger partial charge in [-0.3, -0.25) is 9.78 Å². The monoisotopic (exact) mass is 460 g/mol. The van der Waals surface area contributed by atoms with Crippen molar-refractivity contribution < 1.29 is 19.4 Å². The van der Waals surface area contributed by atoms with E-state index in [1.165, 1.54) is 0 Å². The molecule has 0 spiro atoms. The number of carboxylic acids is 1. The average Bonchev–Trinajstić information content (AvgIpc) is 3.29. The molecule has 0 bridgehead atoms. The van der Waals surface area contributed by atoms with E-state index in [0.29, 0.717) is 34.6 Å². The summed E-state index contributed by atoms with van der Waals surface area (Å²) in [5.74, 6) is 1.15. The number of imidazole rings is 1. The van der Waals surface area contributed by atoms with E-state index in [1.54, 1.807) is 31.8 Å². The minimum absolute atomic E-state index is 0.0701. The number of nitrogens with zero attached hydrogens (tertiary/aromatic N) is 5. The van der Waals surface area contributed by atoms with E-state index in [2.05, 4.69) is 29.9 Å². The number of hydrogen-bond acceptors (Lipinski definition) is 8. The second kappa shape index (κ2) is 9.42.